The molecule has 0 aliphatic carbocycles. The Morgan fingerprint density at radius 1 is 1.41 bits per heavy atom. The van der Waals surface area contributed by atoms with Crippen molar-refractivity contribution >= 4 is 6.03 Å². The molecule has 0 aromatic heterocycles. The molecule has 0 saturated carbocycles. The van der Waals surface area contributed by atoms with Gasteiger partial charge in [0.25, 0.3) is 0 Å². The Morgan fingerprint density at radius 3 is 2.86 bits per heavy atom. The summed E-state index contributed by atoms with van der Waals surface area (Å²) in [6.07, 6.45) is 3.43. The molecule has 2 rings (SSSR count). The van der Waals surface area contributed by atoms with Gasteiger partial charge in [0.1, 0.15) is 0 Å². The summed E-state index contributed by atoms with van der Waals surface area (Å²) in [6.45, 7) is 2.43. The number of likely N-dealkylation sites (tertiary alicyclic amines) is 1. The first-order valence-corrected chi connectivity index (χ1v) is 7.66. The van der Waals surface area contributed by atoms with Crippen molar-refractivity contribution < 1.29 is 18.7 Å². The van der Waals surface area contributed by atoms with Crippen LogP contribution in [0.1, 0.15) is 44.2 Å². The third kappa shape index (κ3) is 3.94. The summed E-state index contributed by atoms with van der Waals surface area (Å²) in [6, 6.07) is 3.01. The van der Waals surface area contributed by atoms with Gasteiger partial charge in [-0.25, -0.2) is 13.6 Å². The number of nitrogens with one attached hydrogen (secondary N) is 1. The third-order valence-corrected chi connectivity index (χ3v) is 4.13. The van der Waals surface area contributed by atoms with Crippen molar-refractivity contribution in [3.63, 3.8) is 0 Å². The van der Waals surface area contributed by atoms with E-state index >= 15 is 0 Å². The van der Waals surface area contributed by atoms with Crippen LogP contribution in [0.5, 0.6) is 0 Å². The molecule has 1 aliphatic rings. The first-order valence-electron chi connectivity index (χ1n) is 7.66. The standard InChI is InChI=1S/C16H22F2N2O2/c1-11(12-5-6-14(17)15(18)10-12)19-16(22)20-8-3-2-4-13(20)7-9-21/h5-6,10-11,13,21H,2-4,7-9H2,1H3,(H,19,22). The largest absolute Gasteiger partial charge is 0.396 e. The van der Waals surface area contributed by atoms with E-state index in [0.29, 0.717) is 18.5 Å². The summed E-state index contributed by atoms with van der Waals surface area (Å²) in [5.74, 6) is -1.82. The van der Waals surface area contributed by atoms with Gasteiger partial charge in [0.2, 0.25) is 0 Å². The molecule has 6 heteroatoms. The van der Waals surface area contributed by atoms with Crippen LogP contribution in [-0.2, 0) is 0 Å². The fraction of sp³-hybridized carbons (Fsp3) is 0.562. The van der Waals surface area contributed by atoms with E-state index in [9.17, 15) is 13.6 Å². The number of carbonyl (C=O) groups is 1. The van der Waals surface area contributed by atoms with Crippen molar-refractivity contribution in [2.45, 2.75) is 44.7 Å². The predicted octanol–water partition coefficient (Wildman–Crippen LogP) is 2.97. The Bertz CT molecular complexity index is 523. The Kier molecular flexibility index (Phi) is 5.71. The van der Waals surface area contributed by atoms with Crippen LogP contribution < -0.4 is 5.32 Å². The van der Waals surface area contributed by atoms with Gasteiger partial charge in [-0.15, -0.1) is 0 Å². The minimum absolute atomic E-state index is 0.0379. The average Bonchev–Trinajstić information content (AvgIpc) is 2.50. The van der Waals surface area contributed by atoms with Crippen molar-refractivity contribution in [3.05, 3.63) is 35.4 Å². The lowest BCUT2D eigenvalue weighted by Gasteiger charge is -2.36. The summed E-state index contributed by atoms with van der Waals surface area (Å²) in [5.41, 5.74) is 0.517. The molecular weight excluding hydrogens is 290 g/mol. The van der Waals surface area contributed by atoms with Crippen LogP contribution in [0.25, 0.3) is 0 Å². The van der Waals surface area contributed by atoms with Gasteiger partial charge in [-0.3, -0.25) is 0 Å². The minimum Gasteiger partial charge on any atom is -0.396 e. The highest BCUT2D eigenvalue weighted by Crippen LogP contribution is 2.21. The second-order valence-corrected chi connectivity index (χ2v) is 5.70. The zero-order chi connectivity index (χ0) is 16.1. The van der Waals surface area contributed by atoms with Gasteiger partial charge in [0.15, 0.2) is 11.6 Å². The highest BCUT2D eigenvalue weighted by atomic mass is 19.2. The number of piperidine rings is 1. The second kappa shape index (κ2) is 7.54. The molecule has 1 aliphatic heterocycles. The number of aliphatic hydroxyl groups excluding tert-OH is 1. The van der Waals surface area contributed by atoms with Crippen molar-refractivity contribution in [1.82, 2.24) is 10.2 Å². The summed E-state index contributed by atoms with van der Waals surface area (Å²) < 4.78 is 26.2. The normalized spacial score (nSPS) is 19.8. The van der Waals surface area contributed by atoms with E-state index in [1.54, 1.807) is 11.8 Å². The fourth-order valence-corrected chi connectivity index (χ4v) is 2.85. The van der Waals surface area contributed by atoms with Crippen molar-refractivity contribution in [2.24, 2.45) is 0 Å². The van der Waals surface area contributed by atoms with Crippen LogP contribution in [0.2, 0.25) is 0 Å². The van der Waals surface area contributed by atoms with Crippen LogP contribution in [-0.4, -0.2) is 35.2 Å². The number of benzene rings is 1. The van der Waals surface area contributed by atoms with E-state index in [4.69, 9.17) is 5.11 Å². The highest BCUT2D eigenvalue weighted by molar-refractivity contribution is 5.75. The van der Waals surface area contributed by atoms with Crippen LogP contribution in [0.4, 0.5) is 13.6 Å². The molecule has 0 bridgehead atoms. The number of rotatable bonds is 4. The smallest absolute Gasteiger partial charge is 0.318 e. The molecule has 1 heterocycles. The van der Waals surface area contributed by atoms with E-state index in [1.165, 1.54) is 6.07 Å². The fourth-order valence-electron chi connectivity index (χ4n) is 2.85. The van der Waals surface area contributed by atoms with Crippen molar-refractivity contribution in [1.29, 1.82) is 0 Å². The number of urea groups is 1. The molecule has 1 saturated heterocycles. The number of carbonyl (C=O) groups excluding carboxylic acids is 1. The van der Waals surface area contributed by atoms with Crippen LogP contribution in [0.15, 0.2) is 18.2 Å². The molecule has 1 aromatic rings. The summed E-state index contributed by atoms with van der Waals surface area (Å²) in [7, 11) is 0. The first-order chi connectivity index (χ1) is 10.5. The molecule has 1 fully saturated rings. The Balaban J connectivity index is 2.01. The number of hydrogen-bond donors (Lipinski definition) is 2. The van der Waals surface area contributed by atoms with Gasteiger partial charge in [0, 0.05) is 19.2 Å². The Labute approximate surface area is 129 Å². The molecule has 2 N–H and O–H groups in total. The SMILES string of the molecule is CC(NC(=O)N1CCCCC1CCO)c1ccc(F)c(F)c1. The van der Waals surface area contributed by atoms with E-state index in [2.05, 4.69) is 5.32 Å². The van der Waals surface area contributed by atoms with Gasteiger partial charge >= 0.3 is 6.03 Å². The zero-order valence-electron chi connectivity index (χ0n) is 12.7. The monoisotopic (exact) mass is 312 g/mol. The third-order valence-electron chi connectivity index (χ3n) is 4.13. The average molecular weight is 312 g/mol. The molecule has 22 heavy (non-hydrogen) atoms. The summed E-state index contributed by atoms with van der Waals surface area (Å²) >= 11 is 0. The lowest BCUT2D eigenvalue weighted by Crippen LogP contribution is -2.49. The topological polar surface area (TPSA) is 52.6 Å². The van der Waals surface area contributed by atoms with Crippen LogP contribution in [0, 0.1) is 11.6 Å². The maximum atomic E-state index is 13.3. The van der Waals surface area contributed by atoms with Gasteiger partial charge in [-0.1, -0.05) is 6.07 Å². The van der Waals surface area contributed by atoms with Gasteiger partial charge < -0.3 is 15.3 Å². The maximum absolute atomic E-state index is 13.3. The van der Waals surface area contributed by atoms with Gasteiger partial charge in [-0.05, 0) is 50.3 Å². The highest BCUT2D eigenvalue weighted by Gasteiger charge is 2.27. The van der Waals surface area contributed by atoms with Gasteiger partial charge in [0.05, 0.1) is 6.04 Å². The quantitative estimate of drug-likeness (QED) is 0.898. The number of nitrogens with zero attached hydrogens (tertiary/aromatic N) is 1. The second-order valence-electron chi connectivity index (χ2n) is 5.70. The molecule has 0 radical (unpaired) electrons. The maximum Gasteiger partial charge on any atom is 0.318 e. The molecule has 2 atom stereocenters. The van der Waals surface area contributed by atoms with E-state index in [-0.39, 0.29) is 18.7 Å². The molecule has 2 unspecified atom stereocenters. The summed E-state index contributed by atoms with van der Waals surface area (Å²) in [5, 5.41) is 11.9. The number of halogens is 2. The number of amides is 2. The number of hydrogen-bond acceptors (Lipinski definition) is 2. The minimum atomic E-state index is -0.922. The molecule has 1 aromatic carbocycles. The zero-order valence-corrected chi connectivity index (χ0v) is 12.7. The first kappa shape index (κ1) is 16.7. The van der Waals surface area contributed by atoms with Crippen LogP contribution in [0.3, 0.4) is 0 Å². The molecule has 2 amide bonds. The molecule has 122 valence electrons. The van der Waals surface area contributed by atoms with Crippen molar-refractivity contribution in [2.75, 3.05) is 13.2 Å². The lowest BCUT2D eigenvalue weighted by molar-refractivity contribution is 0.130. The Hall–Kier alpha value is -1.69. The van der Waals surface area contributed by atoms with Crippen molar-refractivity contribution in [3.8, 4) is 0 Å². The Morgan fingerprint density at radius 2 is 2.18 bits per heavy atom. The molecular formula is C16H22F2N2O2. The molecule has 0 spiro atoms. The van der Waals surface area contributed by atoms with E-state index < -0.39 is 17.7 Å². The van der Waals surface area contributed by atoms with Gasteiger partial charge in [-0.2, -0.15) is 0 Å². The van der Waals surface area contributed by atoms with Crippen LogP contribution >= 0.6 is 0 Å². The van der Waals surface area contributed by atoms with E-state index in [0.717, 1.165) is 31.4 Å². The number of aliphatic hydroxyl groups is 1. The molecule has 4 nitrogen and oxygen atoms in total. The van der Waals surface area contributed by atoms with E-state index in [1.807, 2.05) is 0 Å². The predicted molar refractivity (Wildman–Crippen MR) is 79.4 cm³/mol. The summed E-state index contributed by atoms with van der Waals surface area (Å²) in [4.78, 5) is 14.1. The lowest BCUT2D eigenvalue weighted by atomic mass is 10.00.